The molecule has 0 aliphatic heterocycles. The van der Waals surface area contributed by atoms with Crippen LogP contribution < -0.4 is 11.1 Å². The Balaban J connectivity index is 1.78. The van der Waals surface area contributed by atoms with E-state index in [0.29, 0.717) is 6.04 Å². The van der Waals surface area contributed by atoms with Gasteiger partial charge >= 0.3 is 0 Å². The number of nitrogens with two attached hydrogens (primary N) is 1. The summed E-state index contributed by atoms with van der Waals surface area (Å²) in [6.07, 6.45) is 8.33. The van der Waals surface area contributed by atoms with Crippen molar-refractivity contribution in [3.8, 4) is 0 Å². The molecule has 14 heavy (non-hydrogen) atoms. The lowest BCUT2D eigenvalue weighted by atomic mass is 9.83. The van der Waals surface area contributed by atoms with Crippen LogP contribution in [0.3, 0.4) is 0 Å². The molecule has 0 aromatic carbocycles. The number of hydrogen-bond acceptors (Lipinski definition) is 2. The lowest BCUT2D eigenvalue weighted by Crippen LogP contribution is -2.45. The second-order valence-electron chi connectivity index (χ2n) is 4.76. The molecule has 2 unspecified atom stereocenters. The summed E-state index contributed by atoms with van der Waals surface area (Å²) in [4.78, 5) is 11.1. The topological polar surface area (TPSA) is 55.1 Å². The molecule has 0 heterocycles. The predicted octanol–water partition coefficient (Wildman–Crippen LogP) is 1.17. The van der Waals surface area contributed by atoms with Crippen LogP contribution in [0.1, 0.15) is 44.9 Å². The van der Waals surface area contributed by atoms with Gasteiger partial charge in [0, 0.05) is 18.0 Å². The van der Waals surface area contributed by atoms with Gasteiger partial charge in [-0.25, -0.2) is 0 Å². The molecule has 0 spiro atoms. The van der Waals surface area contributed by atoms with E-state index in [1.165, 1.54) is 25.7 Å². The summed E-state index contributed by atoms with van der Waals surface area (Å²) in [7, 11) is 0. The molecule has 0 bridgehead atoms. The molecule has 3 nitrogen and oxygen atoms in total. The number of carbonyl (C=O) groups is 1. The number of hydrogen-bond donors (Lipinski definition) is 2. The van der Waals surface area contributed by atoms with Crippen LogP contribution in [0, 0.1) is 5.92 Å². The van der Waals surface area contributed by atoms with Gasteiger partial charge in [0.05, 0.1) is 0 Å². The molecule has 0 radical (unpaired) electrons. The van der Waals surface area contributed by atoms with Crippen molar-refractivity contribution in [1.82, 2.24) is 5.32 Å². The standard InChI is InChI=1S/C11H20N2O/c12-11(14)8-3-1-6-10(7-8)13-9-4-2-5-9/h8-10,13H,1-7H2,(H2,12,14). The van der Waals surface area contributed by atoms with E-state index in [0.717, 1.165) is 25.3 Å². The van der Waals surface area contributed by atoms with Crippen LogP contribution in [-0.4, -0.2) is 18.0 Å². The first kappa shape index (κ1) is 9.97. The third-order valence-corrected chi connectivity index (χ3v) is 3.65. The van der Waals surface area contributed by atoms with Gasteiger partial charge < -0.3 is 11.1 Å². The molecule has 2 rings (SSSR count). The fraction of sp³-hybridized carbons (Fsp3) is 0.909. The van der Waals surface area contributed by atoms with Crippen molar-refractivity contribution >= 4 is 5.91 Å². The highest BCUT2D eigenvalue weighted by atomic mass is 16.1. The quantitative estimate of drug-likeness (QED) is 0.712. The van der Waals surface area contributed by atoms with Gasteiger partial charge in [-0.05, 0) is 32.1 Å². The van der Waals surface area contributed by atoms with Gasteiger partial charge in [0.2, 0.25) is 5.91 Å². The van der Waals surface area contributed by atoms with Crippen molar-refractivity contribution < 1.29 is 4.79 Å². The van der Waals surface area contributed by atoms with Gasteiger partial charge in [-0.3, -0.25) is 4.79 Å². The summed E-state index contributed by atoms with van der Waals surface area (Å²) >= 11 is 0. The van der Waals surface area contributed by atoms with Gasteiger partial charge in [0.15, 0.2) is 0 Å². The first-order valence-electron chi connectivity index (χ1n) is 5.81. The third-order valence-electron chi connectivity index (χ3n) is 3.65. The lowest BCUT2D eigenvalue weighted by Gasteiger charge is -2.35. The van der Waals surface area contributed by atoms with E-state index in [9.17, 15) is 4.79 Å². The smallest absolute Gasteiger partial charge is 0.220 e. The fourth-order valence-corrected chi connectivity index (χ4v) is 2.51. The monoisotopic (exact) mass is 196 g/mol. The minimum Gasteiger partial charge on any atom is -0.369 e. The molecule has 2 atom stereocenters. The maximum Gasteiger partial charge on any atom is 0.220 e. The third kappa shape index (κ3) is 2.27. The van der Waals surface area contributed by atoms with Crippen molar-refractivity contribution in [2.24, 2.45) is 11.7 Å². The average molecular weight is 196 g/mol. The van der Waals surface area contributed by atoms with E-state index in [-0.39, 0.29) is 11.8 Å². The Bertz CT molecular complexity index is 213. The minimum absolute atomic E-state index is 0.106. The Labute approximate surface area is 85.4 Å². The van der Waals surface area contributed by atoms with Gasteiger partial charge in [-0.1, -0.05) is 12.8 Å². The van der Waals surface area contributed by atoms with E-state index in [1.807, 2.05) is 0 Å². The zero-order valence-electron chi connectivity index (χ0n) is 8.67. The highest BCUT2D eigenvalue weighted by Crippen LogP contribution is 2.27. The van der Waals surface area contributed by atoms with Gasteiger partial charge in [0.1, 0.15) is 0 Å². The number of primary amides is 1. The second kappa shape index (κ2) is 4.30. The zero-order chi connectivity index (χ0) is 9.97. The van der Waals surface area contributed by atoms with Gasteiger partial charge in [0.25, 0.3) is 0 Å². The molecular formula is C11H20N2O. The van der Waals surface area contributed by atoms with E-state index in [4.69, 9.17) is 5.73 Å². The molecule has 0 saturated heterocycles. The van der Waals surface area contributed by atoms with Gasteiger partial charge in [-0.2, -0.15) is 0 Å². The van der Waals surface area contributed by atoms with E-state index in [1.54, 1.807) is 0 Å². The lowest BCUT2D eigenvalue weighted by molar-refractivity contribution is -0.123. The molecule has 3 N–H and O–H groups in total. The van der Waals surface area contributed by atoms with Crippen molar-refractivity contribution in [3.05, 3.63) is 0 Å². The normalized spacial score (nSPS) is 33.7. The summed E-state index contributed by atoms with van der Waals surface area (Å²) < 4.78 is 0. The molecule has 80 valence electrons. The van der Waals surface area contributed by atoms with Crippen LogP contribution in [0.4, 0.5) is 0 Å². The molecular weight excluding hydrogens is 176 g/mol. The summed E-state index contributed by atoms with van der Waals surface area (Å²) in [5.41, 5.74) is 5.34. The van der Waals surface area contributed by atoms with Crippen LogP contribution in [0.25, 0.3) is 0 Å². The molecule has 2 aliphatic rings. The zero-order valence-corrected chi connectivity index (χ0v) is 8.67. The highest BCUT2D eigenvalue weighted by molar-refractivity contribution is 5.76. The maximum absolute atomic E-state index is 11.1. The van der Waals surface area contributed by atoms with Crippen LogP contribution in [-0.2, 0) is 4.79 Å². The summed E-state index contributed by atoms with van der Waals surface area (Å²) in [6, 6.07) is 1.28. The van der Waals surface area contributed by atoms with Crippen molar-refractivity contribution in [2.45, 2.75) is 57.0 Å². The molecule has 3 heteroatoms. The summed E-state index contributed by atoms with van der Waals surface area (Å²) in [5.74, 6) is 0.0198. The molecule has 0 aromatic heterocycles. The molecule has 2 fully saturated rings. The van der Waals surface area contributed by atoms with Crippen LogP contribution >= 0.6 is 0 Å². The van der Waals surface area contributed by atoms with E-state index < -0.39 is 0 Å². The number of rotatable bonds is 3. The van der Waals surface area contributed by atoms with Crippen molar-refractivity contribution in [1.29, 1.82) is 0 Å². The maximum atomic E-state index is 11.1. The highest BCUT2D eigenvalue weighted by Gasteiger charge is 2.28. The molecule has 2 saturated carbocycles. The van der Waals surface area contributed by atoms with Crippen LogP contribution in [0.5, 0.6) is 0 Å². The van der Waals surface area contributed by atoms with Crippen molar-refractivity contribution in [3.63, 3.8) is 0 Å². The fourth-order valence-electron chi connectivity index (χ4n) is 2.51. The average Bonchev–Trinajstić information content (AvgIpc) is 2.12. The number of nitrogens with one attached hydrogen (secondary N) is 1. The van der Waals surface area contributed by atoms with Gasteiger partial charge in [-0.15, -0.1) is 0 Å². The van der Waals surface area contributed by atoms with Crippen molar-refractivity contribution in [2.75, 3.05) is 0 Å². The Hall–Kier alpha value is -0.570. The molecule has 1 amide bonds. The Morgan fingerprint density at radius 2 is 1.71 bits per heavy atom. The molecule has 0 aromatic rings. The Morgan fingerprint density at radius 1 is 1.07 bits per heavy atom. The Morgan fingerprint density at radius 3 is 2.29 bits per heavy atom. The second-order valence-corrected chi connectivity index (χ2v) is 4.76. The number of amides is 1. The number of carbonyl (C=O) groups excluding carboxylic acids is 1. The van der Waals surface area contributed by atoms with Crippen LogP contribution in [0.15, 0.2) is 0 Å². The summed E-state index contributed by atoms with van der Waals surface area (Å²) in [6.45, 7) is 0. The minimum atomic E-state index is -0.106. The Kier molecular flexibility index (Phi) is 3.06. The van der Waals surface area contributed by atoms with Crippen LogP contribution in [0.2, 0.25) is 0 Å². The van der Waals surface area contributed by atoms with E-state index >= 15 is 0 Å². The first-order chi connectivity index (χ1) is 6.75. The van der Waals surface area contributed by atoms with E-state index in [2.05, 4.69) is 5.32 Å². The molecule has 2 aliphatic carbocycles. The SMILES string of the molecule is NC(=O)C1CCCC(NC2CCC2)C1. The first-order valence-corrected chi connectivity index (χ1v) is 5.81. The predicted molar refractivity (Wildman–Crippen MR) is 55.7 cm³/mol. The summed E-state index contributed by atoms with van der Waals surface area (Å²) in [5, 5.41) is 3.63. The largest absolute Gasteiger partial charge is 0.369 e.